The maximum Gasteiger partial charge on any atom is 0.229 e. The van der Waals surface area contributed by atoms with E-state index in [4.69, 9.17) is 4.98 Å². The Morgan fingerprint density at radius 3 is 2.89 bits per heavy atom. The average molecular weight is 378 g/mol. The predicted molar refractivity (Wildman–Crippen MR) is 108 cm³/mol. The monoisotopic (exact) mass is 378 g/mol. The molecule has 146 valence electrons. The van der Waals surface area contributed by atoms with Gasteiger partial charge in [-0.25, -0.2) is 9.97 Å². The lowest BCUT2D eigenvalue weighted by molar-refractivity contribution is -0.124. The quantitative estimate of drug-likeness (QED) is 0.728. The number of anilines is 1. The first-order chi connectivity index (χ1) is 13.4. The summed E-state index contributed by atoms with van der Waals surface area (Å²) in [7, 11) is 1.82. The van der Waals surface area contributed by atoms with E-state index in [1.807, 2.05) is 13.1 Å². The van der Waals surface area contributed by atoms with Gasteiger partial charge in [-0.3, -0.25) is 9.89 Å². The zero-order chi connectivity index (χ0) is 19.5. The van der Waals surface area contributed by atoms with E-state index in [0.717, 1.165) is 66.9 Å². The van der Waals surface area contributed by atoms with E-state index >= 15 is 0 Å². The summed E-state index contributed by atoms with van der Waals surface area (Å²) < 4.78 is 0. The topological polar surface area (TPSA) is 90.6 Å². The van der Waals surface area contributed by atoms with Crippen LogP contribution in [0.25, 0.3) is 22.7 Å². The van der Waals surface area contributed by atoms with E-state index < -0.39 is 0 Å². The molecule has 5 rings (SSSR count). The minimum atomic E-state index is 0.162. The Bertz CT molecular complexity index is 1060. The number of H-pyrrole nitrogens is 2. The number of nitrogens with zero attached hydrogens (tertiary/aromatic N) is 4. The molecule has 0 spiro atoms. The van der Waals surface area contributed by atoms with Gasteiger partial charge in [0.15, 0.2) is 11.5 Å². The minimum absolute atomic E-state index is 0.162. The lowest BCUT2D eigenvalue weighted by Gasteiger charge is -2.29. The van der Waals surface area contributed by atoms with Crippen molar-refractivity contribution in [2.24, 2.45) is 11.3 Å². The van der Waals surface area contributed by atoms with Crippen LogP contribution in [-0.4, -0.2) is 38.1 Å². The summed E-state index contributed by atoms with van der Waals surface area (Å²) in [5, 5.41) is 7.76. The van der Waals surface area contributed by atoms with Gasteiger partial charge in [0.2, 0.25) is 5.91 Å². The highest BCUT2D eigenvalue weighted by molar-refractivity contribution is 5.96. The Hall–Kier alpha value is -2.70. The highest BCUT2D eigenvalue weighted by Crippen LogP contribution is 2.37. The van der Waals surface area contributed by atoms with Crippen molar-refractivity contribution >= 4 is 22.8 Å². The van der Waals surface area contributed by atoms with Crippen LogP contribution in [0.4, 0.5) is 5.69 Å². The number of rotatable bonds is 3. The first-order valence-corrected chi connectivity index (χ1v) is 10.1. The lowest BCUT2D eigenvalue weighted by Crippen LogP contribution is -2.36. The van der Waals surface area contributed by atoms with Gasteiger partial charge >= 0.3 is 0 Å². The van der Waals surface area contributed by atoms with E-state index in [1.54, 1.807) is 11.1 Å². The minimum Gasteiger partial charge on any atom is -0.321 e. The second kappa shape index (κ2) is 6.15. The van der Waals surface area contributed by atoms with E-state index in [1.165, 1.54) is 11.3 Å². The fraction of sp³-hybridized carbons (Fsp3) is 0.524. The van der Waals surface area contributed by atoms with Gasteiger partial charge in [0, 0.05) is 24.2 Å². The molecule has 28 heavy (non-hydrogen) atoms. The van der Waals surface area contributed by atoms with Gasteiger partial charge < -0.3 is 9.88 Å². The second-order valence-corrected chi connectivity index (χ2v) is 9.04. The van der Waals surface area contributed by atoms with Crippen LogP contribution in [0.5, 0.6) is 0 Å². The Morgan fingerprint density at radius 2 is 2.14 bits per heavy atom. The van der Waals surface area contributed by atoms with Crippen LogP contribution in [0, 0.1) is 11.3 Å². The van der Waals surface area contributed by atoms with Crippen LogP contribution in [0.3, 0.4) is 0 Å². The molecule has 0 atom stereocenters. The normalized spacial score (nSPS) is 18.7. The van der Waals surface area contributed by atoms with Crippen molar-refractivity contribution in [3.8, 4) is 11.5 Å². The molecule has 2 aliphatic carbocycles. The number of carbonyl (C=O) groups excluding carboxylic acids is 1. The summed E-state index contributed by atoms with van der Waals surface area (Å²) in [5.74, 6) is 1.08. The van der Waals surface area contributed by atoms with Crippen molar-refractivity contribution in [1.82, 2.24) is 25.1 Å². The molecule has 0 aliphatic heterocycles. The first-order valence-electron chi connectivity index (χ1n) is 10.1. The first kappa shape index (κ1) is 17.4. The number of pyridine rings is 1. The zero-order valence-corrected chi connectivity index (χ0v) is 16.7. The number of nitrogens with one attached hydrogen (secondary N) is 2. The predicted octanol–water partition coefficient (Wildman–Crippen LogP) is 3.63. The Morgan fingerprint density at radius 1 is 1.32 bits per heavy atom. The standard InChI is InChI=1S/C21H26N6O/c1-21(2)8-7-14-16(10-21)25-26-17(14)19-23-15-9-13(11-22-18(15)24-19)27(3)20(28)12-5-4-6-12/h9,11-12H,4-8,10H2,1-3H3,(H,25,26)(H,22,23,24). The fourth-order valence-corrected chi connectivity index (χ4v) is 4.28. The molecule has 0 saturated heterocycles. The van der Waals surface area contributed by atoms with Crippen LogP contribution < -0.4 is 4.90 Å². The number of hydrogen-bond acceptors (Lipinski definition) is 4. The number of fused-ring (bicyclic) bond motifs is 2. The number of aromatic nitrogens is 5. The molecule has 0 radical (unpaired) electrons. The third-order valence-electron chi connectivity index (χ3n) is 6.38. The lowest BCUT2D eigenvalue weighted by atomic mass is 9.76. The van der Waals surface area contributed by atoms with Gasteiger partial charge in [-0.15, -0.1) is 0 Å². The molecular weight excluding hydrogens is 352 g/mol. The SMILES string of the molecule is CN(C(=O)C1CCC1)c1cnc2[nH]c(-c3n[nH]c4c3CCC(C)(C)C4)nc2c1. The fourth-order valence-electron chi connectivity index (χ4n) is 4.28. The molecule has 1 saturated carbocycles. The summed E-state index contributed by atoms with van der Waals surface area (Å²) in [6.45, 7) is 4.59. The summed E-state index contributed by atoms with van der Waals surface area (Å²) in [6.07, 6.45) is 8.02. The molecule has 7 heteroatoms. The van der Waals surface area contributed by atoms with Crippen molar-refractivity contribution < 1.29 is 4.79 Å². The van der Waals surface area contributed by atoms with E-state index in [-0.39, 0.29) is 11.8 Å². The second-order valence-electron chi connectivity index (χ2n) is 9.04. The number of hydrogen-bond donors (Lipinski definition) is 2. The van der Waals surface area contributed by atoms with Crippen molar-refractivity contribution in [3.05, 3.63) is 23.5 Å². The van der Waals surface area contributed by atoms with Gasteiger partial charge in [-0.1, -0.05) is 20.3 Å². The maximum absolute atomic E-state index is 12.5. The molecule has 0 unspecified atom stereocenters. The average Bonchev–Trinajstić information content (AvgIpc) is 3.20. The van der Waals surface area contributed by atoms with Gasteiger partial charge in [0.05, 0.1) is 11.9 Å². The van der Waals surface area contributed by atoms with E-state index in [2.05, 4.69) is 34.0 Å². The number of carbonyl (C=O) groups is 1. The van der Waals surface area contributed by atoms with Crippen LogP contribution >= 0.6 is 0 Å². The zero-order valence-electron chi connectivity index (χ0n) is 16.7. The van der Waals surface area contributed by atoms with Crippen LogP contribution in [0.15, 0.2) is 12.3 Å². The van der Waals surface area contributed by atoms with Gasteiger partial charge in [-0.05, 0) is 43.6 Å². The number of imidazole rings is 1. The number of aromatic amines is 2. The Balaban J connectivity index is 1.46. The molecule has 3 aromatic heterocycles. The third kappa shape index (κ3) is 2.80. The molecule has 7 nitrogen and oxygen atoms in total. The molecule has 0 bridgehead atoms. The molecule has 3 aromatic rings. The van der Waals surface area contributed by atoms with E-state index in [9.17, 15) is 4.79 Å². The van der Waals surface area contributed by atoms with E-state index in [0.29, 0.717) is 5.41 Å². The largest absolute Gasteiger partial charge is 0.321 e. The van der Waals surface area contributed by atoms with Crippen molar-refractivity contribution in [3.63, 3.8) is 0 Å². The van der Waals surface area contributed by atoms with Crippen LogP contribution in [0.2, 0.25) is 0 Å². The molecule has 3 heterocycles. The summed E-state index contributed by atoms with van der Waals surface area (Å²) in [5.41, 5.74) is 5.93. The molecule has 0 aromatic carbocycles. The highest BCUT2D eigenvalue weighted by atomic mass is 16.2. The third-order valence-corrected chi connectivity index (χ3v) is 6.38. The van der Waals surface area contributed by atoms with Crippen molar-refractivity contribution in [1.29, 1.82) is 0 Å². The van der Waals surface area contributed by atoms with Crippen LogP contribution in [0.1, 0.15) is 50.8 Å². The van der Waals surface area contributed by atoms with Gasteiger partial charge in [0.25, 0.3) is 0 Å². The van der Waals surface area contributed by atoms with Gasteiger partial charge in [-0.2, -0.15) is 5.10 Å². The molecule has 2 aliphatic rings. The summed E-state index contributed by atoms with van der Waals surface area (Å²) in [6, 6.07) is 1.93. The summed E-state index contributed by atoms with van der Waals surface area (Å²) in [4.78, 5) is 26.8. The van der Waals surface area contributed by atoms with Crippen molar-refractivity contribution in [2.75, 3.05) is 11.9 Å². The van der Waals surface area contributed by atoms with Crippen LogP contribution in [-0.2, 0) is 17.6 Å². The van der Waals surface area contributed by atoms with Crippen molar-refractivity contribution in [2.45, 2.75) is 52.4 Å². The van der Waals surface area contributed by atoms with Gasteiger partial charge in [0.1, 0.15) is 11.2 Å². The smallest absolute Gasteiger partial charge is 0.229 e. The Labute approximate surface area is 164 Å². The highest BCUT2D eigenvalue weighted by Gasteiger charge is 2.30. The Kier molecular flexibility index (Phi) is 3.82. The molecule has 1 amide bonds. The molecule has 2 N–H and O–H groups in total. The summed E-state index contributed by atoms with van der Waals surface area (Å²) >= 11 is 0. The maximum atomic E-state index is 12.5. The number of amides is 1. The molecule has 1 fully saturated rings. The molecular formula is C21H26N6O.